The van der Waals surface area contributed by atoms with E-state index in [-0.39, 0.29) is 27.8 Å². The van der Waals surface area contributed by atoms with Gasteiger partial charge in [0, 0.05) is 0 Å². The molecule has 4 N–H and O–H groups in total. The molecule has 0 aromatic heterocycles. The molecule has 0 saturated heterocycles. The van der Waals surface area contributed by atoms with Crippen molar-refractivity contribution in [3.05, 3.63) is 32.5 Å². The number of hydrogen-bond donors (Lipinski definition) is 2. The normalized spacial score (nSPS) is 19.8. The maximum atomic E-state index is 14.6. The van der Waals surface area contributed by atoms with E-state index in [1.165, 1.54) is 11.0 Å². The number of halogens is 2. The fourth-order valence-electron chi connectivity index (χ4n) is 3.31. The van der Waals surface area contributed by atoms with E-state index in [1.807, 2.05) is 0 Å². The fourth-order valence-corrected chi connectivity index (χ4v) is 3.78. The van der Waals surface area contributed by atoms with E-state index in [2.05, 4.69) is 25.9 Å². The number of guanidine groups is 2. The number of anilines is 1. The number of nitrogens with zero attached hydrogens (tertiary/aromatic N) is 4. The molecule has 8 nitrogen and oxygen atoms in total. The highest BCUT2D eigenvalue weighted by atomic mass is 79.9. The Hall–Kier alpha value is -2.23. The number of aliphatic imine (C=N–C) groups is 2. The second kappa shape index (κ2) is 6.00. The molecule has 3 rings (SSSR count). The molecule has 128 valence electrons. The highest BCUT2D eigenvalue weighted by Crippen LogP contribution is 2.42. The molecule has 10 heteroatoms. The first-order valence-electron chi connectivity index (χ1n) is 7.47. The average Bonchev–Trinajstić information content (AvgIpc) is 2.50. The minimum Gasteiger partial charge on any atom is -0.369 e. The highest BCUT2D eigenvalue weighted by molar-refractivity contribution is 9.10. The number of rotatable bonds is 2. The van der Waals surface area contributed by atoms with E-state index in [1.54, 1.807) is 0 Å². The van der Waals surface area contributed by atoms with Crippen molar-refractivity contribution in [3.8, 4) is 0 Å². The Kier molecular flexibility index (Phi) is 4.16. The molecule has 1 aliphatic heterocycles. The second-order valence-electron chi connectivity index (χ2n) is 5.83. The quantitative estimate of drug-likeness (QED) is 0.585. The number of nitrogens with two attached hydrogens (primary N) is 2. The summed E-state index contributed by atoms with van der Waals surface area (Å²) in [6.45, 7) is 0. The van der Waals surface area contributed by atoms with Crippen LogP contribution >= 0.6 is 15.9 Å². The van der Waals surface area contributed by atoms with Crippen molar-refractivity contribution >= 4 is 39.2 Å². The molecular formula is C14H16BrFN6O2. The molecule has 1 heterocycles. The van der Waals surface area contributed by atoms with Crippen molar-refractivity contribution in [2.45, 2.75) is 37.8 Å². The fraction of sp³-hybridized carbons (Fsp3) is 0.429. The van der Waals surface area contributed by atoms with Crippen LogP contribution in [-0.4, -0.2) is 22.5 Å². The third-order valence-corrected chi connectivity index (χ3v) is 4.94. The van der Waals surface area contributed by atoms with Gasteiger partial charge in [-0.25, -0.2) is 9.38 Å². The van der Waals surface area contributed by atoms with E-state index in [0.717, 1.165) is 25.3 Å². The van der Waals surface area contributed by atoms with Crippen molar-refractivity contribution in [1.29, 1.82) is 0 Å². The monoisotopic (exact) mass is 398 g/mol. The molecule has 1 aromatic rings. The lowest BCUT2D eigenvalue weighted by Crippen LogP contribution is -2.58. The Balaban J connectivity index is 2.14. The summed E-state index contributed by atoms with van der Waals surface area (Å²) in [5, 5.41) is 11.0. The van der Waals surface area contributed by atoms with Crippen LogP contribution in [0.2, 0.25) is 0 Å². The largest absolute Gasteiger partial charge is 0.369 e. The van der Waals surface area contributed by atoms with Crippen LogP contribution in [0.25, 0.3) is 0 Å². The molecule has 1 aliphatic carbocycles. The Morgan fingerprint density at radius 1 is 1.29 bits per heavy atom. The zero-order valence-corrected chi connectivity index (χ0v) is 14.3. The third-order valence-electron chi connectivity index (χ3n) is 4.31. The van der Waals surface area contributed by atoms with Crippen LogP contribution in [0.3, 0.4) is 0 Å². The minimum atomic E-state index is -0.801. The second-order valence-corrected chi connectivity index (χ2v) is 6.69. The molecule has 0 atom stereocenters. The first kappa shape index (κ1) is 16.6. The zero-order chi connectivity index (χ0) is 17.5. The third kappa shape index (κ3) is 2.70. The predicted molar refractivity (Wildman–Crippen MR) is 92.3 cm³/mol. The smallest absolute Gasteiger partial charge is 0.286 e. The van der Waals surface area contributed by atoms with E-state index in [9.17, 15) is 14.5 Å². The maximum Gasteiger partial charge on any atom is 0.286 e. The first-order valence-corrected chi connectivity index (χ1v) is 8.26. The molecule has 24 heavy (non-hydrogen) atoms. The Morgan fingerprint density at radius 3 is 2.58 bits per heavy atom. The number of benzene rings is 1. The van der Waals surface area contributed by atoms with E-state index in [4.69, 9.17) is 11.5 Å². The van der Waals surface area contributed by atoms with Gasteiger partial charge >= 0.3 is 0 Å². The summed E-state index contributed by atoms with van der Waals surface area (Å²) in [5.41, 5.74) is 10.7. The average molecular weight is 399 g/mol. The van der Waals surface area contributed by atoms with Crippen molar-refractivity contribution in [1.82, 2.24) is 0 Å². The van der Waals surface area contributed by atoms with Gasteiger partial charge in [0.2, 0.25) is 11.9 Å². The first-order chi connectivity index (χ1) is 11.3. The SMILES string of the molecule is NC1=NC2(CCCCC2)N(c2cc(Br)c([N+](=O)[O-])cc2F)C(N)=N1. The van der Waals surface area contributed by atoms with Gasteiger partial charge in [0.05, 0.1) is 21.1 Å². The molecular weight excluding hydrogens is 383 g/mol. The lowest BCUT2D eigenvalue weighted by Gasteiger charge is -2.45. The molecule has 0 unspecified atom stereocenters. The number of nitro groups is 1. The summed E-state index contributed by atoms with van der Waals surface area (Å²) in [5.74, 6) is -0.667. The van der Waals surface area contributed by atoms with Crippen LogP contribution in [0, 0.1) is 15.9 Å². The van der Waals surface area contributed by atoms with Gasteiger partial charge in [0.25, 0.3) is 5.69 Å². The molecule has 0 radical (unpaired) electrons. The Labute approximate surface area is 145 Å². The maximum absolute atomic E-state index is 14.6. The lowest BCUT2D eigenvalue weighted by atomic mass is 9.87. The van der Waals surface area contributed by atoms with E-state index >= 15 is 0 Å². The van der Waals surface area contributed by atoms with Gasteiger partial charge in [0.15, 0.2) is 5.82 Å². The Morgan fingerprint density at radius 2 is 1.96 bits per heavy atom. The molecule has 0 bridgehead atoms. The van der Waals surface area contributed by atoms with Gasteiger partial charge in [-0.1, -0.05) is 6.42 Å². The van der Waals surface area contributed by atoms with Crippen LogP contribution in [0.5, 0.6) is 0 Å². The van der Waals surface area contributed by atoms with E-state index < -0.39 is 16.4 Å². The molecule has 1 spiro atoms. The van der Waals surface area contributed by atoms with Crippen molar-refractivity contribution < 1.29 is 9.31 Å². The summed E-state index contributed by atoms with van der Waals surface area (Å²) in [7, 11) is 0. The summed E-state index contributed by atoms with van der Waals surface area (Å²) < 4.78 is 14.8. The van der Waals surface area contributed by atoms with Gasteiger partial charge in [0.1, 0.15) is 5.66 Å². The summed E-state index contributed by atoms with van der Waals surface area (Å²) in [4.78, 5) is 20.2. The summed E-state index contributed by atoms with van der Waals surface area (Å²) in [6, 6.07) is 2.20. The van der Waals surface area contributed by atoms with Crippen molar-refractivity contribution in [3.63, 3.8) is 0 Å². The van der Waals surface area contributed by atoms with E-state index in [0.29, 0.717) is 12.8 Å². The van der Waals surface area contributed by atoms with Gasteiger partial charge in [-0.15, -0.1) is 0 Å². The minimum absolute atomic E-state index is 0.0315. The van der Waals surface area contributed by atoms with Crippen LogP contribution in [0.15, 0.2) is 26.6 Å². The van der Waals surface area contributed by atoms with Gasteiger partial charge in [-0.3, -0.25) is 15.0 Å². The van der Waals surface area contributed by atoms with Gasteiger partial charge in [-0.2, -0.15) is 4.99 Å². The molecule has 0 amide bonds. The number of nitro benzene ring substituents is 1. The highest BCUT2D eigenvalue weighted by Gasteiger charge is 2.44. The van der Waals surface area contributed by atoms with Crippen LogP contribution < -0.4 is 16.4 Å². The lowest BCUT2D eigenvalue weighted by molar-refractivity contribution is -0.385. The molecule has 1 fully saturated rings. The van der Waals surface area contributed by atoms with Gasteiger partial charge in [-0.05, 0) is 47.7 Å². The molecule has 2 aliphatic rings. The predicted octanol–water partition coefficient (Wildman–Crippen LogP) is 2.61. The van der Waals surface area contributed by atoms with Gasteiger partial charge < -0.3 is 11.5 Å². The molecule has 1 aromatic carbocycles. The van der Waals surface area contributed by atoms with Crippen LogP contribution in [0.1, 0.15) is 32.1 Å². The standard InChI is InChI=1S/C14H16BrFN6O2/c15-8-6-11(9(16)7-10(8)22(23)24)21-13(18)19-12(17)20-14(21)4-2-1-3-5-14/h6-7H,1-5H2,(H4,17,18,19,20). The topological polar surface area (TPSA) is 123 Å². The van der Waals surface area contributed by atoms with Crippen LogP contribution in [-0.2, 0) is 0 Å². The van der Waals surface area contributed by atoms with Crippen molar-refractivity contribution in [2.75, 3.05) is 4.90 Å². The molecule has 1 saturated carbocycles. The summed E-state index contributed by atoms with van der Waals surface area (Å²) >= 11 is 3.12. The zero-order valence-electron chi connectivity index (χ0n) is 12.7. The van der Waals surface area contributed by atoms with Crippen molar-refractivity contribution in [2.24, 2.45) is 21.5 Å². The van der Waals surface area contributed by atoms with Crippen LogP contribution in [0.4, 0.5) is 15.8 Å². The Bertz CT molecular complexity index is 760. The number of hydrogen-bond acceptors (Lipinski definition) is 7. The summed E-state index contributed by atoms with van der Waals surface area (Å²) in [6.07, 6.45) is 4.15.